The van der Waals surface area contributed by atoms with Gasteiger partial charge in [0, 0.05) is 10.8 Å². The molecule has 3 aromatic rings. The van der Waals surface area contributed by atoms with Gasteiger partial charge in [0.05, 0.1) is 11.9 Å². The van der Waals surface area contributed by atoms with Crippen molar-refractivity contribution in [2.75, 3.05) is 15.9 Å². The number of aromatic nitrogens is 2. The number of nitrogens with one attached hydrogen (secondary N) is 1. The molecule has 2 aromatic carbocycles. The molecule has 0 aliphatic carbocycles. The van der Waals surface area contributed by atoms with Gasteiger partial charge in [-0.15, -0.1) is 10.2 Å². The number of benzene rings is 2. The topological polar surface area (TPSA) is 92.3 Å². The van der Waals surface area contributed by atoms with Crippen LogP contribution < -0.4 is 9.62 Å². The van der Waals surface area contributed by atoms with Gasteiger partial charge in [0.25, 0.3) is 0 Å². The van der Waals surface area contributed by atoms with Gasteiger partial charge < -0.3 is 0 Å². The lowest BCUT2D eigenvalue weighted by molar-refractivity contribution is -0.117. The van der Waals surface area contributed by atoms with Crippen molar-refractivity contribution >= 4 is 61.4 Å². The highest BCUT2D eigenvalue weighted by Gasteiger charge is 2.32. The summed E-state index contributed by atoms with van der Waals surface area (Å²) in [7, 11) is -3.72. The number of carbonyl (C=O) groups is 1. The number of carbonyl (C=O) groups excluding carboxylic acids is 1. The SMILES string of the molecule is CC[C@H](C(=O)Nc1nnc(SCc2ccccc2)s1)N(c1ccc(Cl)cc1)S(C)(=O)=O. The van der Waals surface area contributed by atoms with E-state index >= 15 is 0 Å². The van der Waals surface area contributed by atoms with Crippen molar-refractivity contribution in [2.24, 2.45) is 0 Å². The summed E-state index contributed by atoms with van der Waals surface area (Å²) >= 11 is 8.69. The zero-order chi connectivity index (χ0) is 22.4. The third-order valence-corrected chi connectivity index (χ3v) is 7.73. The molecule has 0 aliphatic heterocycles. The van der Waals surface area contributed by atoms with Crippen molar-refractivity contribution in [3.63, 3.8) is 0 Å². The fourth-order valence-electron chi connectivity index (χ4n) is 2.87. The molecule has 31 heavy (non-hydrogen) atoms. The molecule has 0 fully saturated rings. The van der Waals surface area contributed by atoms with E-state index in [1.54, 1.807) is 31.2 Å². The van der Waals surface area contributed by atoms with Crippen LogP contribution in [0.4, 0.5) is 10.8 Å². The maximum Gasteiger partial charge on any atom is 0.250 e. The predicted molar refractivity (Wildman–Crippen MR) is 127 cm³/mol. The third kappa shape index (κ3) is 6.42. The van der Waals surface area contributed by atoms with Crippen LogP contribution in [0.1, 0.15) is 18.9 Å². The molecule has 0 saturated carbocycles. The Morgan fingerprint density at radius 1 is 1.16 bits per heavy atom. The summed E-state index contributed by atoms with van der Waals surface area (Å²) in [6.45, 7) is 1.75. The predicted octanol–water partition coefficient (Wildman–Crippen LogP) is 4.67. The van der Waals surface area contributed by atoms with Crippen LogP contribution >= 0.6 is 34.7 Å². The molecule has 164 valence electrons. The monoisotopic (exact) mass is 496 g/mol. The second kappa shape index (κ2) is 10.4. The molecule has 7 nitrogen and oxygen atoms in total. The van der Waals surface area contributed by atoms with E-state index in [0.29, 0.717) is 20.2 Å². The number of hydrogen-bond acceptors (Lipinski definition) is 7. The first-order valence-electron chi connectivity index (χ1n) is 9.34. The van der Waals surface area contributed by atoms with E-state index in [0.717, 1.165) is 21.9 Å². The molecule has 0 bridgehead atoms. The molecule has 1 N–H and O–H groups in total. The fourth-order valence-corrected chi connectivity index (χ4v) is 5.92. The van der Waals surface area contributed by atoms with Crippen molar-refractivity contribution in [3.8, 4) is 0 Å². The number of halogens is 1. The lowest BCUT2D eigenvalue weighted by atomic mass is 10.2. The first kappa shape index (κ1) is 23.5. The standard InChI is InChI=1S/C20H21ClN4O3S3/c1-3-17(25(31(2,27)28)16-11-9-15(21)10-12-16)18(26)22-19-23-24-20(30-19)29-13-14-7-5-4-6-8-14/h4-12,17H,3,13H2,1-2H3,(H,22,23,26)/t17-/m1/s1. The Kier molecular flexibility index (Phi) is 7.93. The molecule has 1 amide bonds. The third-order valence-electron chi connectivity index (χ3n) is 4.25. The normalized spacial score (nSPS) is 12.4. The Labute approximate surface area is 194 Å². The van der Waals surface area contributed by atoms with Crippen LogP contribution in [0.3, 0.4) is 0 Å². The van der Waals surface area contributed by atoms with E-state index in [9.17, 15) is 13.2 Å². The molecule has 0 radical (unpaired) electrons. The zero-order valence-electron chi connectivity index (χ0n) is 16.9. The Hall–Kier alpha value is -2.14. The minimum Gasteiger partial charge on any atom is -0.299 e. The summed E-state index contributed by atoms with van der Waals surface area (Å²) in [5, 5.41) is 11.6. The number of nitrogens with zero attached hydrogens (tertiary/aromatic N) is 3. The first-order valence-corrected chi connectivity index (χ1v) is 13.4. The smallest absolute Gasteiger partial charge is 0.250 e. The quantitative estimate of drug-likeness (QED) is 0.342. The van der Waals surface area contributed by atoms with Crippen molar-refractivity contribution in [2.45, 2.75) is 29.5 Å². The van der Waals surface area contributed by atoms with Crippen molar-refractivity contribution < 1.29 is 13.2 Å². The molecule has 11 heteroatoms. The van der Waals surface area contributed by atoms with Crippen molar-refractivity contribution in [1.29, 1.82) is 0 Å². The largest absolute Gasteiger partial charge is 0.299 e. The molecule has 1 aromatic heterocycles. The number of rotatable bonds is 9. The average Bonchev–Trinajstić information content (AvgIpc) is 3.18. The highest BCUT2D eigenvalue weighted by atomic mass is 35.5. The average molecular weight is 497 g/mol. The number of anilines is 2. The Morgan fingerprint density at radius 3 is 2.45 bits per heavy atom. The second-order valence-electron chi connectivity index (χ2n) is 6.60. The van der Waals surface area contributed by atoms with Gasteiger partial charge in [-0.05, 0) is 36.2 Å². The zero-order valence-corrected chi connectivity index (χ0v) is 20.1. The lowest BCUT2D eigenvalue weighted by Crippen LogP contribution is -2.46. The summed E-state index contributed by atoms with van der Waals surface area (Å²) in [6.07, 6.45) is 1.34. The van der Waals surface area contributed by atoms with Crippen LogP contribution in [0, 0.1) is 0 Å². The molecule has 0 saturated heterocycles. The van der Waals surface area contributed by atoms with Gasteiger partial charge in [-0.25, -0.2) is 8.42 Å². The van der Waals surface area contributed by atoms with E-state index in [4.69, 9.17) is 11.6 Å². The van der Waals surface area contributed by atoms with E-state index in [-0.39, 0.29) is 6.42 Å². The molecule has 3 rings (SSSR count). The van der Waals surface area contributed by atoms with Crippen molar-refractivity contribution in [3.05, 3.63) is 65.2 Å². The Morgan fingerprint density at radius 2 is 1.84 bits per heavy atom. The second-order valence-corrected chi connectivity index (χ2v) is 11.1. The highest BCUT2D eigenvalue weighted by molar-refractivity contribution is 8.00. The van der Waals surface area contributed by atoms with Gasteiger partial charge >= 0.3 is 0 Å². The minimum atomic E-state index is -3.72. The highest BCUT2D eigenvalue weighted by Crippen LogP contribution is 2.29. The van der Waals surface area contributed by atoms with Gasteiger partial charge in [0.2, 0.25) is 21.1 Å². The Bertz CT molecular complexity index is 1120. The van der Waals surface area contributed by atoms with Crippen LogP contribution in [-0.4, -0.2) is 36.8 Å². The van der Waals surface area contributed by atoms with Gasteiger partial charge in [0.15, 0.2) is 4.34 Å². The summed E-state index contributed by atoms with van der Waals surface area (Å²) < 4.78 is 26.8. The van der Waals surface area contributed by atoms with Gasteiger partial charge in [-0.1, -0.05) is 72.0 Å². The first-order chi connectivity index (χ1) is 14.8. The molecule has 1 heterocycles. The minimum absolute atomic E-state index is 0.274. The van der Waals surface area contributed by atoms with Crippen LogP contribution in [0.2, 0.25) is 5.02 Å². The van der Waals surface area contributed by atoms with Gasteiger partial charge in [-0.3, -0.25) is 14.4 Å². The van der Waals surface area contributed by atoms with Gasteiger partial charge in [-0.2, -0.15) is 0 Å². The summed E-state index contributed by atoms with van der Waals surface area (Å²) in [4.78, 5) is 12.9. The molecule has 0 spiro atoms. The molecular weight excluding hydrogens is 476 g/mol. The summed E-state index contributed by atoms with van der Waals surface area (Å²) in [5.41, 5.74) is 1.52. The van der Waals surface area contributed by atoms with Crippen LogP contribution in [0.5, 0.6) is 0 Å². The van der Waals surface area contributed by atoms with E-state index in [2.05, 4.69) is 15.5 Å². The maximum atomic E-state index is 12.9. The van der Waals surface area contributed by atoms with E-state index < -0.39 is 22.0 Å². The number of sulfonamides is 1. The van der Waals surface area contributed by atoms with Gasteiger partial charge in [0.1, 0.15) is 6.04 Å². The van der Waals surface area contributed by atoms with Crippen LogP contribution in [0.15, 0.2) is 58.9 Å². The Balaban J connectivity index is 1.72. The fraction of sp³-hybridized carbons (Fsp3) is 0.250. The summed E-state index contributed by atoms with van der Waals surface area (Å²) in [5.74, 6) is 0.262. The number of hydrogen-bond donors (Lipinski definition) is 1. The van der Waals surface area contributed by atoms with E-state index in [1.807, 2.05) is 30.3 Å². The van der Waals surface area contributed by atoms with Crippen LogP contribution in [-0.2, 0) is 20.6 Å². The van der Waals surface area contributed by atoms with Crippen LogP contribution in [0.25, 0.3) is 0 Å². The summed E-state index contributed by atoms with van der Waals surface area (Å²) in [6, 6.07) is 15.3. The lowest BCUT2D eigenvalue weighted by Gasteiger charge is -2.29. The molecule has 0 aliphatic rings. The molecular formula is C20H21ClN4O3S3. The van der Waals surface area contributed by atoms with Crippen molar-refractivity contribution in [1.82, 2.24) is 10.2 Å². The molecule has 1 atom stereocenters. The van der Waals surface area contributed by atoms with E-state index in [1.165, 1.54) is 23.1 Å². The maximum absolute atomic E-state index is 12.9. The number of amides is 1. The number of thioether (sulfide) groups is 1. The molecule has 0 unspecified atom stereocenters.